The first-order valence-electron chi connectivity index (χ1n) is 5.71. The number of amides is 1. The van der Waals surface area contributed by atoms with Gasteiger partial charge in [0.15, 0.2) is 0 Å². The number of pyridine rings is 1. The molecule has 2 rings (SSSR count). The molecule has 88 valence electrons. The van der Waals surface area contributed by atoms with Gasteiger partial charge in [0.1, 0.15) is 0 Å². The minimum absolute atomic E-state index is 0.264. The lowest BCUT2D eigenvalue weighted by atomic mass is 10.0. The second kappa shape index (κ2) is 4.53. The van der Waals surface area contributed by atoms with Crippen molar-refractivity contribution < 1.29 is 4.79 Å². The first-order valence-corrected chi connectivity index (χ1v) is 5.71. The van der Waals surface area contributed by atoms with E-state index in [9.17, 15) is 4.79 Å². The second-order valence-corrected chi connectivity index (χ2v) is 4.41. The Bertz CT molecular complexity index is 576. The van der Waals surface area contributed by atoms with Crippen molar-refractivity contribution in [2.45, 2.75) is 26.7 Å². The van der Waals surface area contributed by atoms with Crippen molar-refractivity contribution in [3.63, 3.8) is 0 Å². The Morgan fingerprint density at radius 2 is 2.06 bits per heavy atom. The molecule has 1 heterocycles. The summed E-state index contributed by atoms with van der Waals surface area (Å²) in [5, 5.41) is 1.12. The molecule has 0 aliphatic heterocycles. The van der Waals surface area contributed by atoms with Crippen LogP contribution in [0.25, 0.3) is 10.9 Å². The van der Waals surface area contributed by atoms with Crippen LogP contribution in [0.15, 0.2) is 24.3 Å². The molecule has 0 saturated heterocycles. The molecule has 1 aromatic heterocycles. The Kier molecular flexibility index (Phi) is 3.09. The molecule has 0 atom stereocenters. The van der Waals surface area contributed by atoms with Gasteiger partial charge in [-0.05, 0) is 44.0 Å². The molecule has 0 unspecified atom stereocenters. The van der Waals surface area contributed by atoms with Crippen LogP contribution in [0.1, 0.15) is 23.2 Å². The third kappa shape index (κ3) is 2.61. The Hall–Kier alpha value is -1.90. The molecule has 0 radical (unpaired) electrons. The number of nitrogens with zero attached hydrogens (tertiary/aromatic N) is 1. The summed E-state index contributed by atoms with van der Waals surface area (Å²) >= 11 is 0. The molecule has 0 aliphatic rings. The van der Waals surface area contributed by atoms with Crippen LogP contribution in [0, 0.1) is 13.8 Å². The third-order valence-corrected chi connectivity index (χ3v) is 2.82. The molecule has 0 saturated carbocycles. The average Bonchev–Trinajstić information content (AvgIpc) is 2.26. The van der Waals surface area contributed by atoms with Gasteiger partial charge in [0.25, 0.3) is 0 Å². The van der Waals surface area contributed by atoms with Gasteiger partial charge in [0, 0.05) is 17.5 Å². The fourth-order valence-electron chi connectivity index (χ4n) is 2.02. The maximum atomic E-state index is 10.9. The summed E-state index contributed by atoms with van der Waals surface area (Å²) in [7, 11) is 0. The highest BCUT2D eigenvalue weighted by Gasteiger charge is 2.05. The Morgan fingerprint density at radius 1 is 1.29 bits per heavy atom. The van der Waals surface area contributed by atoms with Crippen LogP contribution in [-0.4, -0.2) is 10.9 Å². The zero-order valence-corrected chi connectivity index (χ0v) is 10.2. The van der Waals surface area contributed by atoms with Gasteiger partial charge >= 0.3 is 0 Å². The molecular weight excluding hydrogens is 212 g/mol. The van der Waals surface area contributed by atoms with Gasteiger partial charge < -0.3 is 5.73 Å². The van der Waals surface area contributed by atoms with Crippen LogP contribution in [0.3, 0.4) is 0 Å². The van der Waals surface area contributed by atoms with Crippen LogP contribution >= 0.6 is 0 Å². The normalized spacial score (nSPS) is 10.7. The van der Waals surface area contributed by atoms with E-state index in [1.165, 1.54) is 5.56 Å². The first kappa shape index (κ1) is 11.6. The van der Waals surface area contributed by atoms with Crippen molar-refractivity contribution in [2.24, 2.45) is 5.73 Å². The maximum absolute atomic E-state index is 10.9. The van der Waals surface area contributed by atoms with Crippen LogP contribution in [-0.2, 0) is 11.2 Å². The number of rotatable bonds is 3. The second-order valence-electron chi connectivity index (χ2n) is 4.41. The number of fused-ring (bicyclic) bond motifs is 1. The molecule has 1 aromatic carbocycles. The highest BCUT2D eigenvalue weighted by molar-refractivity contribution is 5.84. The van der Waals surface area contributed by atoms with Gasteiger partial charge in [-0.3, -0.25) is 9.78 Å². The van der Waals surface area contributed by atoms with Gasteiger partial charge in [-0.1, -0.05) is 11.6 Å². The quantitative estimate of drug-likeness (QED) is 0.876. The Labute approximate surface area is 101 Å². The minimum Gasteiger partial charge on any atom is -0.370 e. The lowest BCUT2D eigenvalue weighted by molar-refractivity contribution is -0.117. The van der Waals surface area contributed by atoms with Gasteiger partial charge in [-0.15, -0.1) is 0 Å². The number of benzene rings is 1. The fourth-order valence-corrected chi connectivity index (χ4v) is 2.02. The average molecular weight is 228 g/mol. The molecule has 2 N–H and O–H groups in total. The molecule has 0 spiro atoms. The lowest BCUT2D eigenvalue weighted by Crippen LogP contribution is -2.11. The number of primary amides is 1. The lowest BCUT2D eigenvalue weighted by Gasteiger charge is -2.07. The molecule has 2 aromatic rings. The van der Waals surface area contributed by atoms with Crippen molar-refractivity contribution >= 4 is 16.8 Å². The number of hydrogen-bond acceptors (Lipinski definition) is 2. The summed E-state index contributed by atoms with van der Waals surface area (Å²) < 4.78 is 0. The van der Waals surface area contributed by atoms with Crippen LogP contribution in [0.4, 0.5) is 0 Å². The predicted molar refractivity (Wildman–Crippen MR) is 68.7 cm³/mol. The minimum atomic E-state index is -0.264. The van der Waals surface area contributed by atoms with E-state index in [1.54, 1.807) is 0 Å². The van der Waals surface area contributed by atoms with Gasteiger partial charge in [0.2, 0.25) is 5.91 Å². The summed E-state index contributed by atoms with van der Waals surface area (Å²) in [5.74, 6) is -0.264. The maximum Gasteiger partial charge on any atom is 0.217 e. The molecule has 1 amide bonds. The summed E-state index contributed by atoms with van der Waals surface area (Å²) in [5.41, 5.74) is 9.50. The van der Waals surface area contributed by atoms with Crippen molar-refractivity contribution in [2.75, 3.05) is 0 Å². The van der Waals surface area contributed by atoms with Crippen LogP contribution in [0.5, 0.6) is 0 Å². The third-order valence-electron chi connectivity index (χ3n) is 2.82. The SMILES string of the molecule is Cc1ccc2nc(C)cc(CCC(N)=O)c2c1. The number of aryl methyl sites for hydroxylation is 3. The number of carbonyl (C=O) groups is 1. The molecule has 3 nitrogen and oxygen atoms in total. The zero-order chi connectivity index (χ0) is 12.4. The highest BCUT2D eigenvalue weighted by atomic mass is 16.1. The van der Waals surface area contributed by atoms with E-state index in [-0.39, 0.29) is 5.91 Å². The number of hydrogen-bond donors (Lipinski definition) is 1. The highest BCUT2D eigenvalue weighted by Crippen LogP contribution is 2.21. The van der Waals surface area contributed by atoms with Gasteiger partial charge in [-0.2, -0.15) is 0 Å². The smallest absolute Gasteiger partial charge is 0.217 e. The van der Waals surface area contributed by atoms with E-state index in [1.807, 2.05) is 25.1 Å². The molecule has 0 fully saturated rings. The van der Waals surface area contributed by atoms with Crippen LogP contribution < -0.4 is 5.73 Å². The summed E-state index contributed by atoms with van der Waals surface area (Å²) in [6, 6.07) is 8.21. The number of carbonyl (C=O) groups excluding carboxylic acids is 1. The first-order chi connectivity index (χ1) is 8.06. The molecular formula is C14H16N2O. The van der Waals surface area contributed by atoms with Crippen LogP contribution in [0.2, 0.25) is 0 Å². The largest absolute Gasteiger partial charge is 0.370 e. The summed E-state index contributed by atoms with van der Waals surface area (Å²) in [4.78, 5) is 15.4. The van der Waals surface area contributed by atoms with Gasteiger partial charge in [-0.25, -0.2) is 0 Å². The van der Waals surface area contributed by atoms with E-state index in [0.717, 1.165) is 22.2 Å². The van der Waals surface area contributed by atoms with E-state index < -0.39 is 0 Å². The number of nitrogens with two attached hydrogens (primary N) is 1. The van der Waals surface area contributed by atoms with E-state index in [0.29, 0.717) is 12.8 Å². The zero-order valence-electron chi connectivity index (χ0n) is 10.2. The standard InChI is InChI=1S/C14H16N2O/c1-9-3-5-13-12(7-9)11(4-6-14(15)17)8-10(2)16-13/h3,5,7-8H,4,6H2,1-2H3,(H2,15,17). The molecule has 0 aliphatic carbocycles. The fraction of sp³-hybridized carbons (Fsp3) is 0.286. The Balaban J connectivity index is 2.51. The van der Waals surface area contributed by atoms with Crippen molar-refractivity contribution in [1.29, 1.82) is 0 Å². The monoisotopic (exact) mass is 228 g/mol. The van der Waals surface area contributed by atoms with Crippen molar-refractivity contribution in [3.8, 4) is 0 Å². The summed E-state index contributed by atoms with van der Waals surface area (Å²) in [6.07, 6.45) is 1.06. The van der Waals surface area contributed by atoms with Gasteiger partial charge in [0.05, 0.1) is 5.52 Å². The number of aromatic nitrogens is 1. The molecule has 17 heavy (non-hydrogen) atoms. The predicted octanol–water partition coefficient (Wildman–Crippen LogP) is 2.27. The van der Waals surface area contributed by atoms with E-state index in [2.05, 4.69) is 18.0 Å². The van der Waals surface area contributed by atoms with Crippen molar-refractivity contribution in [3.05, 3.63) is 41.1 Å². The summed E-state index contributed by atoms with van der Waals surface area (Å²) in [6.45, 7) is 4.02. The Morgan fingerprint density at radius 3 is 2.76 bits per heavy atom. The van der Waals surface area contributed by atoms with E-state index in [4.69, 9.17) is 5.73 Å². The molecule has 0 bridgehead atoms. The molecule has 3 heteroatoms. The van der Waals surface area contributed by atoms with Crippen molar-refractivity contribution in [1.82, 2.24) is 4.98 Å². The van der Waals surface area contributed by atoms with E-state index >= 15 is 0 Å². The topological polar surface area (TPSA) is 56.0 Å².